The Bertz CT molecular complexity index is 608. The Balaban J connectivity index is 2.11. The van der Waals surface area contributed by atoms with Crippen LogP contribution in [0.25, 0.3) is 0 Å². The third kappa shape index (κ3) is 3.81. The Morgan fingerprint density at radius 2 is 1.95 bits per heavy atom. The molecule has 4 heteroatoms. The smallest absolute Gasteiger partial charge is 0.269 e. The quantitative estimate of drug-likeness (QED) is 0.886. The van der Waals surface area contributed by atoms with E-state index in [0.717, 1.165) is 12.1 Å². The second-order valence-corrected chi connectivity index (χ2v) is 4.97. The summed E-state index contributed by atoms with van der Waals surface area (Å²) in [7, 11) is 1.60. The predicted octanol–water partition coefficient (Wildman–Crippen LogP) is 3.18. The number of anilines is 1. The molecule has 0 fully saturated rings. The molecule has 0 saturated carbocycles. The van der Waals surface area contributed by atoms with Crippen LogP contribution in [0.4, 0.5) is 5.69 Å². The van der Waals surface area contributed by atoms with Gasteiger partial charge in [0.15, 0.2) is 0 Å². The van der Waals surface area contributed by atoms with Crippen LogP contribution in [0.15, 0.2) is 42.6 Å². The second-order valence-electron chi connectivity index (χ2n) is 4.97. The van der Waals surface area contributed by atoms with Gasteiger partial charge in [-0.05, 0) is 36.6 Å². The maximum atomic E-state index is 11.6. The molecule has 0 aliphatic carbocycles. The van der Waals surface area contributed by atoms with E-state index in [9.17, 15) is 4.79 Å². The molecule has 1 heterocycles. The molecule has 2 aromatic rings. The van der Waals surface area contributed by atoms with Crippen molar-refractivity contribution in [2.45, 2.75) is 26.3 Å². The van der Waals surface area contributed by atoms with Crippen LogP contribution in [0.1, 0.15) is 41.5 Å². The Kier molecular flexibility index (Phi) is 4.93. The van der Waals surface area contributed by atoms with Gasteiger partial charge in [-0.1, -0.05) is 31.2 Å². The highest BCUT2D eigenvalue weighted by Crippen LogP contribution is 2.20. The van der Waals surface area contributed by atoms with Gasteiger partial charge in [0.2, 0.25) is 0 Å². The van der Waals surface area contributed by atoms with Gasteiger partial charge in [-0.2, -0.15) is 0 Å². The van der Waals surface area contributed by atoms with E-state index < -0.39 is 0 Å². The van der Waals surface area contributed by atoms with Crippen LogP contribution in [0.3, 0.4) is 0 Å². The lowest BCUT2D eigenvalue weighted by Crippen LogP contribution is -2.19. The molecule has 0 saturated heterocycles. The first-order valence-electron chi connectivity index (χ1n) is 7.17. The van der Waals surface area contributed by atoms with Gasteiger partial charge < -0.3 is 10.6 Å². The fraction of sp³-hybridized carbons (Fsp3) is 0.294. The second kappa shape index (κ2) is 6.88. The molecule has 21 heavy (non-hydrogen) atoms. The molecule has 1 amide bonds. The van der Waals surface area contributed by atoms with Gasteiger partial charge in [-0.3, -0.25) is 9.78 Å². The molecule has 1 atom stereocenters. The van der Waals surface area contributed by atoms with E-state index in [1.807, 2.05) is 6.07 Å². The lowest BCUT2D eigenvalue weighted by Gasteiger charge is -2.16. The lowest BCUT2D eigenvalue weighted by atomic mass is 10.0. The number of benzene rings is 1. The summed E-state index contributed by atoms with van der Waals surface area (Å²) in [6.07, 6.45) is 2.68. The third-order valence-corrected chi connectivity index (χ3v) is 3.49. The van der Waals surface area contributed by atoms with Crippen molar-refractivity contribution in [1.29, 1.82) is 0 Å². The molecule has 4 nitrogen and oxygen atoms in total. The summed E-state index contributed by atoms with van der Waals surface area (Å²) >= 11 is 0. The van der Waals surface area contributed by atoms with E-state index >= 15 is 0 Å². The fourth-order valence-electron chi connectivity index (χ4n) is 2.15. The summed E-state index contributed by atoms with van der Waals surface area (Å²) in [5.74, 6) is -0.182. The van der Waals surface area contributed by atoms with Gasteiger partial charge in [0.1, 0.15) is 5.69 Å². The minimum absolute atomic E-state index is 0.163. The van der Waals surface area contributed by atoms with Crippen LogP contribution < -0.4 is 10.6 Å². The molecule has 0 radical (unpaired) electrons. The van der Waals surface area contributed by atoms with E-state index in [4.69, 9.17) is 0 Å². The first-order chi connectivity index (χ1) is 10.1. The van der Waals surface area contributed by atoms with Crippen LogP contribution in [-0.2, 0) is 6.42 Å². The molecule has 2 rings (SSSR count). The van der Waals surface area contributed by atoms with Gasteiger partial charge in [-0.15, -0.1) is 0 Å². The Labute approximate surface area is 125 Å². The van der Waals surface area contributed by atoms with E-state index in [0.29, 0.717) is 5.69 Å². The minimum atomic E-state index is -0.182. The number of hydrogen-bond donors (Lipinski definition) is 2. The third-order valence-electron chi connectivity index (χ3n) is 3.49. The maximum Gasteiger partial charge on any atom is 0.269 e. The van der Waals surface area contributed by atoms with E-state index in [-0.39, 0.29) is 11.9 Å². The lowest BCUT2D eigenvalue weighted by molar-refractivity contribution is 0.0958. The molecule has 1 aromatic carbocycles. The number of pyridine rings is 1. The summed E-state index contributed by atoms with van der Waals surface area (Å²) in [6, 6.07) is 12.4. The number of nitrogens with one attached hydrogen (secondary N) is 2. The standard InChI is InChI=1S/C17H21N3O/c1-4-13-5-7-14(8-6-13)12(2)20-15-9-10-19-16(11-15)17(21)18-3/h5-12H,4H2,1-3H3,(H,18,21)(H,19,20). The number of carbonyl (C=O) groups excluding carboxylic acids is 1. The van der Waals surface area contributed by atoms with E-state index in [2.05, 4.69) is 53.7 Å². The van der Waals surface area contributed by atoms with Crippen molar-refractivity contribution in [3.8, 4) is 0 Å². The van der Waals surface area contributed by atoms with Gasteiger partial charge in [0.05, 0.1) is 0 Å². The first-order valence-corrected chi connectivity index (χ1v) is 7.17. The van der Waals surface area contributed by atoms with Crippen molar-refractivity contribution in [3.05, 3.63) is 59.4 Å². The zero-order valence-corrected chi connectivity index (χ0v) is 12.7. The summed E-state index contributed by atoms with van der Waals surface area (Å²) in [4.78, 5) is 15.7. The Morgan fingerprint density at radius 3 is 2.57 bits per heavy atom. The molecular weight excluding hydrogens is 262 g/mol. The van der Waals surface area contributed by atoms with Crippen LogP contribution in [0.2, 0.25) is 0 Å². The van der Waals surface area contributed by atoms with Gasteiger partial charge in [0.25, 0.3) is 5.91 Å². The number of aryl methyl sites for hydroxylation is 1. The van der Waals surface area contributed by atoms with Gasteiger partial charge in [0, 0.05) is 25.0 Å². The Morgan fingerprint density at radius 1 is 1.24 bits per heavy atom. The monoisotopic (exact) mass is 283 g/mol. The SMILES string of the molecule is CCc1ccc(C(C)Nc2ccnc(C(=O)NC)c2)cc1. The summed E-state index contributed by atoms with van der Waals surface area (Å²) in [5.41, 5.74) is 3.84. The maximum absolute atomic E-state index is 11.6. The highest BCUT2D eigenvalue weighted by atomic mass is 16.1. The average Bonchev–Trinajstić information content (AvgIpc) is 2.54. The number of amides is 1. The van der Waals surface area contributed by atoms with Crippen molar-refractivity contribution < 1.29 is 4.79 Å². The highest BCUT2D eigenvalue weighted by molar-refractivity contribution is 5.92. The molecule has 110 valence electrons. The molecule has 0 aliphatic heterocycles. The van der Waals surface area contributed by atoms with Crippen LogP contribution in [0, 0.1) is 0 Å². The normalized spacial score (nSPS) is 11.8. The molecule has 2 N–H and O–H groups in total. The molecule has 1 aromatic heterocycles. The van der Waals surface area contributed by atoms with Crippen LogP contribution in [-0.4, -0.2) is 17.9 Å². The topological polar surface area (TPSA) is 54.0 Å². The number of carbonyl (C=O) groups is 1. The van der Waals surface area contributed by atoms with Crippen LogP contribution >= 0.6 is 0 Å². The van der Waals surface area contributed by atoms with E-state index in [1.54, 1.807) is 19.3 Å². The molecular formula is C17H21N3O. The van der Waals surface area contributed by atoms with Crippen molar-refractivity contribution in [1.82, 2.24) is 10.3 Å². The van der Waals surface area contributed by atoms with Crippen molar-refractivity contribution in [3.63, 3.8) is 0 Å². The highest BCUT2D eigenvalue weighted by Gasteiger charge is 2.08. The number of rotatable bonds is 5. The molecule has 0 aliphatic rings. The molecule has 1 unspecified atom stereocenters. The summed E-state index contributed by atoms with van der Waals surface area (Å²) < 4.78 is 0. The Hall–Kier alpha value is -2.36. The molecule has 0 bridgehead atoms. The zero-order valence-electron chi connectivity index (χ0n) is 12.7. The number of nitrogens with zero attached hydrogens (tertiary/aromatic N) is 1. The predicted molar refractivity (Wildman–Crippen MR) is 85.5 cm³/mol. The summed E-state index contributed by atoms with van der Waals surface area (Å²) in [5, 5.41) is 5.97. The van der Waals surface area contributed by atoms with E-state index in [1.165, 1.54) is 11.1 Å². The first kappa shape index (κ1) is 15.0. The van der Waals surface area contributed by atoms with Gasteiger partial charge in [-0.25, -0.2) is 0 Å². The zero-order chi connectivity index (χ0) is 15.2. The fourth-order valence-corrected chi connectivity index (χ4v) is 2.15. The van der Waals surface area contributed by atoms with Gasteiger partial charge >= 0.3 is 0 Å². The van der Waals surface area contributed by atoms with Crippen molar-refractivity contribution in [2.75, 3.05) is 12.4 Å². The van der Waals surface area contributed by atoms with Crippen LogP contribution in [0.5, 0.6) is 0 Å². The summed E-state index contributed by atoms with van der Waals surface area (Å²) in [6.45, 7) is 4.24. The molecule has 0 spiro atoms. The van der Waals surface area contributed by atoms with Crippen molar-refractivity contribution in [2.24, 2.45) is 0 Å². The minimum Gasteiger partial charge on any atom is -0.378 e. The number of aromatic nitrogens is 1. The largest absolute Gasteiger partial charge is 0.378 e. The average molecular weight is 283 g/mol. The number of hydrogen-bond acceptors (Lipinski definition) is 3. The van der Waals surface area contributed by atoms with Crippen molar-refractivity contribution >= 4 is 11.6 Å².